The molecule has 118 valence electrons. The number of rotatable bonds is 8. The SMILES string of the molecule is CCCCS[C@H](C)C(=O)Nc1cccc(C[S@@](C)=O)c1C. The van der Waals surface area contributed by atoms with Gasteiger partial charge in [0.05, 0.1) is 5.25 Å². The van der Waals surface area contributed by atoms with Crippen LogP contribution in [0.2, 0.25) is 0 Å². The predicted molar refractivity (Wildman–Crippen MR) is 94.4 cm³/mol. The van der Waals surface area contributed by atoms with Crippen molar-refractivity contribution in [3.05, 3.63) is 29.3 Å². The van der Waals surface area contributed by atoms with E-state index in [9.17, 15) is 9.00 Å². The van der Waals surface area contributed by atoms with Crippen LogP contribution in [0.3, 0.4) is 0 Å². The molecular formula is C16H25NO2S2. The Kier molecular flexibility index (Phi) is 8.04. The normalized spacial score (nSPS) is 13.7. The van der Waals surface area contributed by atoms with Gasteiger partial charge in [0.2, 0.25) is 5.91 Å². The molecular weight excluding hydrogens is 302 g/mol. The number of carbonyl (C=O) groups excluding carboxylic acids is 1. The summed E-state index contributed by atoms with van der Waals surface area (Å²) in [5, 5.41) is 2.94. The van der Waals surface area contributed by atoms with E-state index >= 15 is 0 Å². The van der Waals surface area contributed by atoms with Gasteiger partial charge >= 0.3 is 0 Å². The van der Waals surface area contributed by atoms with E-state index in [-0.39, 0.29) is 11.2 Å². The molecule has 2 atom stereocenters. The molecule has 1 aromatic carbocycles. The van der Waals surface area contributed by atoms with Crippen molar-refractivity contribution in [2.24, 2.45) is 0 Å². The van der Waals surface area contributed by atoms with Crippen LogP contribution in [0.15, 0.2) is 18.2 Å². The van der Waals surface area contributed by atoms with Gasteiger partial charge in [0.25, 0.3) is 0 Å². The molecule has 1 rings (SSSR count). The molecule has 0 aliphatic rings. The first-order chi connectivity index (χ1) is 9.95. The molecule has 0 heterocycles. The number of carbonyl (C=O) groups is 1. The van der Waals surface area contributed by atoms with Gasteiger partial charge in [-0.25, -0.2) is 0 Å². The van der Waals surface area contributed by atoms with Gasteiger partial charge in [0, 0.05) is 28.5 Å². The molecule has 0 aliphatic carbocycles. The highest BCUT2D eigenvalue weighted by molar-refractivity contribution is 8.00. The van der Waals surface area contributed by atoms with Crippen LogP contribution >= 0.6 is 11.8 Å². The van der Waals surface area contributed by atoms with Gasteiger partial charge in [-0.1, -0.05) is 25.5 Å². The van der Waals surface area contributed by atoms with Crippen LogP contribution < -0.4 is 5.32 Å². The second-order valence-corrected chi connectivity index (χ2v) is 8.05. The molecule has 5 heteroatoms. The van der Waals surface area contributed by atoms with E-state index in [1.54, 1.807) is 18.0 Å². The summed E-state index contributed by atoms with van der Waals surface area (Å²) in [7, 11) is -0.879. The third-order valence-electron chi connectivity index (χ3n) is 3.30. The molecule has 3 nitrogen and oxygen atoms in total. The number of nitrogens with one attached hydrogen (secondary N) is 1. The monoisotopic (exact) mass is 327 g/mol. The van der Waals surface area contributed by atoms with Crippen LogP contribution in [0.4, 0.5) is 5.69 Å². The third-order valence-corrected chi connectivity index (χ3v) is 5.25. The maximum Gasteiger partial charge on any atom is 0.237 e. The van der Waals surface area contributed by atoms with Crippen LogP contribution in [0.1, 0.15) is 37.8 Å². The van der Waals surface area contributed by atoms with E-state index in [1.165, 1.54) is 0 Å². The predicted octanol–water partition coefficient (Wildman–Crippen LogP) is 3.73. The minimum atomic E-state index is -0.879. The highest BCUT2D eigenvalue weighted by atomic mass is 32.2. The molecule has 0 aliphatic heterocycles. The van der Waals surface area contributed by atoms with E-state index in [2.05, 4.69) is 12.2 Å². The number of hydrogen-bond donors (Lipinski definition) is 1. The molecule has 0 fully saturated rings. The lowest BCUT2D eigenvalue weighted by Crippen LogP contribution is -2.23. The Hall–Kier alpha value is -0.810. The van der Waals surface area contributed by atoms with E-state index in [0.717, 1.165) is 35.4 Å². The Bertz CT molecular complexity index is 503. The average molecular weight is 328 g/mol. The first-order valence-electron chi connectivity index (χ1n) is 7.26. The van der Waals surface area contributed by atoms with Gasteiger partial charge in [0.1, 0.15) is 0 Å². The highest BCUT2D eigenvalue weighted by Gasteiger charge is 2.15. The summed E-state index contributed by atoms with van der Waals surface area (Å²) in [6.45, 7) is 6.06. The Labute approximate surface area is 134 Å². The number of anilines is 1. The fourth-order valence-electron chi connectivity index (χ4n) is 1.91. The van der Waals surface area contributed by atoms with Crippen LogP contribution in [0, 0.1) is 6.92 Å². The largest absolute Gasteiger partial charge is 0.325 e. The highest BCUT2D eigenvalue weighted by Crippen LogP contribution is 2.22. The lowest BCUT2D eigenvalue weighted by Gasteiger charge is -2.15. The fraction of sp³-hybridized carbons (Fsp3) is 0.562. The summed E-state index contributed by atoms with van der Waals surface area (Å²) in [5.74, 6) is 1.57. The first-order valence-corrected chi connectivity index (χ1v) is 10.0. The van der Waals surface area contributed by atoms with Gasteiger partial charge < -0.3 is 5.32 Å². The maximum atomic E-state index is 12.2. The van der Waals surface area contributed by atoms with Crippen LogP contribution in [-0.2, 0) is 21.3 Å². The molecule has 0 aromatic heterocycles. The number of amides is 1. The van der Waals surface area contributed by atoms with Crippen molar-refractivity contribution in [1.82, 2.24) is 0 Å². The average Bonchev–Trinajstić information content (AvgIpc) is 2.42. The van der Waals surface area contributed by atoms with E-state index < -0.39 is 10.8 Å². The quantitative estimate of drug-likeness (QED) is 0.740. The van der Waals surface area contributed by atoms with Crippen LogP contribution in [0.25, 0.3) is 0 Å². The van der Waals surface area contributed by atoms with Gasteiger partial charge in [-0.15, -0.1) is 11.8 Å². The van der Waals surface area contributed by atoms with Crippen molar-refractivity contribution in [3.63, 3.8) is 0 Å². The van der Waals surface area contributed by atoms with Crippen molar-refractivity contribution >= 4 is 34.2 Å². The first kappa shape index (κ1) is 18.2. The summed E-state index contributed by atoms with van der Waals surface area (Å²) in [6, 6.07) is 5.77. The molecule has 0 spiro atoms. The molecule has 0 saturated carbocycles. The zero-order valence-corrected chi connectivity index (χ0v) is 14.9. The molecule has 0 radical (unpaired) electrons. The lowest BCUT2D eigenvalue weighted by molar-refractivity contribution is -0.115. The van der Waals surface area contributed by atoms with Crippen LogP contribution in [0.5, 0.6) is 0 Å². The Morgan fingerprint density at radius 3 is 2.76 bits per heavy atom. The summed E-state index contributed by atoms with van der Waals surface area (Å²) in [5.41, 5.74) is 2.86. The summed E-state index contributed by atoms with van der Waals surface area (Å²) in [4.78, 5) is 12.2. The summed E-state index contributed by atoms with van der Waals surface area (Å²) >= 11 is 1.69. The lowest BCUT2D eigenvalue weighted by atomic mass is 10.1. The standard InChI is InChI=1S/C16H25NO2S2/c1-5-6-10-20-13(3)16(18)17-15-9-7-8-14(12(15)2)11-21(4)19/h7-9,13H,5-6,10-11H2,1-4H3,(H,17,18)/t13-,21-/m1/s1. The topological polar surface area (TPSA) is 46.2 Å². The minimum Gasteiger partial charge on any atom is -0.325 e. The number of thioether (sulfide) groups is 1. The van der Waals surface area contributed by atoms with E-state index in [1.807, 2.05) is 32.0 Å². The van der Waals surface area contributed by atoms with Gasteiger partial charge in [-0.3, -0.25) is 9.00 Å². The fourth-order valence-corrected chi connectivity index (χ4v) is 3.68. The van der Waals surface area contributed by atoms with E-state index in [0.29, 0.717) is 5.75 Å². The molecule has 1 N–H and O–H groups in total. The summed E-state index contributed by atoms with van der Waals surface area (Å²) in [6.07, 6.45) is 3.98. The van der Waals surface area contributed by atoms with E-state index in [4.69, 9.17) is 0 Å². The van der Waals surface area contributed by atoms with Crippen LogP contribution in [-0.4, -0.2) is 27.4 Å². The van der Waals surface area contributed by atoms with Crippen molar-refractivity contribution in [1.29, 1.82) is 0 Å². The maximum absolute atomic E-state index is 12.2. The Balaban J connectivity index is 2.69. The van der Waals surface area contributed by atoms with Gasteiger partial charge in [-0.05, 0) is 43.2 Å². The van der Waals surface area contributed by atoms with Gasteiger partial charge in [0.15, 0.2) is 0 Å². The third kappa shape index (κ3) is 6.22. The smallest absolute Gasteiger partial charge is 0.237 e. The number of benzene rings is 1. The molecule has 0 bridgehead atoms. The second-order valence-electron chi connectivity index (χ2n) is 5.16. The molecule has 1 amide bonds. The van der Waals surface area contributed by atoms with Crippen molar-refractivity contribution in [2.75, 3.05) is 17.3 Å². The number of hydrogen-bond acceptors (Lipinski definition) is 3. The molecule has 21 heavy (non-hydrogen) atoms. The van der Waals surface area contributed by atoms with Crippen molar-refractivity contribution in [3.8, 4) is 0 Å². The Morgan fingerprint density at radius 2 is 2.14 bits per heavy atom. The molecule has 0 unspecified atom stereocenters. The zero-order chi connectivity index (χ0) is 15.8. The molecule has 0 saturated heterocycles. The number of unbranched alkanes of at least 4 members (excludes halogenated alkanes) is 1. The zero-order valence-electron chi connectivity index (χ0n) is 13.3. The Morgan fingerprint density at radius 1 is 1.43 bits per heavy atom. The van der Waals surface area contributed by atoms with Crippen molar-refractivity contribution in [2.45, 2.75) is 44.6 Å². The molecule has 1 aromatic rings. The van der Waals surface area contributed by atoms with Gasteiger partial charge in [-0.2, -0.15) is 0 Å². The van der Waals surface area contributed by atoms with Crippen molar-refractivity contribution < 1.29 is 9.00 Å². The summed E-state index contributed by atoms with van der Waals surface area (Å²) < 4.78 is 11.4. The minimum absolute atomic E-state index is 0.0361. The second kappa shape index (κ2) is 9.26.